The first-order valence-electron chi connectivity index (χ1n) is 10.5. The van der Waals surface area contributed by atoms with E-state index in [9.17, 15) is 13.0 Å². The molecule has 0 aliphatic rings. The van der Waals surface area contributed by atoms with E-state index in [2.05, 4.69) is 13.8 Å². The molecule has 0 rings (SSSR count). The molecule has 25 heavy (non-hydrogen) atoms. The molecule has 1 atom stereocenters. The molecular formula is C20H41NaO3S. The molecule has 0 saturated carbocycles. The van der Waals surface area contributed by atoms with Gasteiger partial charge in [-0.15, -0.1) is 0 Å². The summed E-state index contributed by atoms with van der Waals surface area (Å²) in [6, 6.07) is 0. The SMILES string of the molecule is CCCCCCCCCCCC(CCCCCCCC)S(=O)(=O)[O-].[Na+]. The van der Waals surface area contributed by atoms with Crippen LogP contribution in [0.3, 0.4) is 0 Å². The van der Waals surface area contributed by atoms with Gasteiger partial charge >= 0.3 is 29.6 Å². The van der Waals surface area contributed by atoms with E-state index in [1.807, 2.05) is 0 Å². The van der Waals surface area contributed by atoms with Crippen molar-refractivity contribution in [3.8, 4) is 0 Å². The summed E-state index contributed by atoms with van der Waals surface area (Å²) in [6.07, 6.45) is 18.9. The monoisotopic (exact) mass is 384 g/mol. The van der Waals surface area contributed by atoms with Crippen LogP contribution in [0.5, 0.6) is 0 Å². The zero-order valence-corrected chi connectivity index (χ0v) is 20.0. The van der Waals surface area contributed by atoms with Gasteiger partial charge in [0.2, 0.25) is 0 Å². The van der Waals surface area contributed by atoms with Gasteiger partial charge in [-0.3, -0.25) is 0 Å². The van der Waals surface area contributed by atoms with E-state index in [4.69, 9.17) is 0 Å². The molecule has 0 radical (unpaired) electrons. The maximum absolute atomic E-state index is 11.4. The molecule has 0 aromatic rings. The van der Waals surface area contributed by atoms with Crippen molar-refractivity contribution in [3.63, 3.8) is 0 Å². The Bertz CT molecular complexity index is 358. The molecule has 146 valence electrons. The first kappa shape index (κ1) is 28.1. The van der Waals surface area contributed by atoms with Gasteiger partial charge < -0.3 is 4.55 Å². The fourth-order valence-electron chi connectivity index (χ4n) is 3.27. The number of hydrogen-bond acceptors (Lipinski definition) is 3. The largest absolute Gasteiger partial charge is 1.00 e. The standard InChI is InChI=1S/C20H42O3S.Na/c1-3-5-7-9-11-12-13-15-17-19-20(24(21,22)23)18-16-14-10-8-6-4-2;/h20H,3-19H2,1-2H3,(H,21,22,23);/q;+1/p-1. The summed E-state index contributed by atoms with van der Waals surface area (Å²) in [5.41, 5.74) is 0. The van der Waals surface area contributed by atoms with Crippen molar-refractivity contribution < 1.29 is 42.5 Å². The maximum Gasteiger partial charge on any atom is 1.00 e. The van der Waals surface area contributed by atoms with Gasteiger partial charge in [0.05, 0.1) is 10.1 Å². The Morgan fingerprint density at radius 1 is 0.600 bits per heavy atom. The van der Waals surface area contributed by atoms with Gasteiger partial charge in [0.25, 0.3) is 0 Å². The van der Waals surface area contributed by atoms with Crippen molar-refractivity contribution in [1.82, 2.24) is 0 Å². The van der Waals surface area contributed by atoms with Crippen molar-refractivity contribution in [3.05, 3.63) is 0 Å². The molecule has 0 aliphatic carbocycles. The Morgan fingerprint density at radius 2 is 0.880 bits per heavy atom. The molecule has 1 unspecified atom stereocenters. The summed E-state index contributed by atoms with van der Waals surface area (Å²) in [4.78, 5) is 0. The molecule has 3 nitrogen and oxygen atoms in total. The number of rotatable bonds is 18. The molecule has 0 saturated heterocycles. The van der Waals surface area contributed by atoms with Crippen LogP contribution in [0.4, 0.5) is 0 Å². The van der Waals surface area contributed by atoms with Crippen LogP contribution >= 0.6 is 0 Å². The third kappa shape index (κ3) is 19.5. The van der Waals surface area contributed by atoms with Gasteiger partial charge in [-0.25, -0.2) is 8.42 Å². The van der Waals surface area contributed by atoms with Crippen LogP contribution in [-0.4, -0.2) is 18.2 Å². The number of unbranched alkanes of at least 4 members (excludes halogenated alkanes) is 13. The maximum atomic E-state index is 11.4. The van der Waals surface area contributed by atoms with Crippen LogP contribution in [0.1, 0.15) is 123 Å². The average molecular weight is 385 g/mol. The Morgan fingerprint density at radius 3 is 1.16 bits per heavy atom. The minimum atomic E-state index is -4.12. The van der Waals surface area contributed by atoms with Gasteiger partial charge in [0, 0.05) is 5.25 Å². The molecule has 0 amide bonds. The molecular weight excluding hydrogens is 343 g/mol. The van der Waals surface area contributed by atoms with Crippen molar-refractivity contribution >= 4 is 10.1 Å². The molecule has 5 heteroatoms. The molecule has 0 fully saturated rings. The normalized spacial score (nSPS) is 12.8. The smallest absolute Gasteiger partial charge is 0.748 e. The van der Waals surface area contributed by atoms with Crippen LogP contribution in [0.25, 0.3) is 0 Å². The van der Waals surface area contributed by atoms with E-state index in [1.54, 1.807) is 0 Å². The summed E-state index contributed by atoms with van der Waals surface area (Å²) >= 11 is 0. The van der Waals surface area contributed by atoms with Gasteiger partial charge in [-0.2, -0.15) is 0 Å². The summed E-state index contributed by atoms with van der Waals surface area (Å²) < 4.78 is 34.2. The molecule has 0 spiro atoms. The summed E-state index contributed by atoms with van der Waals surface area (Å²) in [7, 11) is -4.12. The second kappa shape index (κ2) is 19.7. The molecule has 0 aliphatic heterocycles. The van der Waals surface area contributed by atoms with Crippen LogP contribution in [0.15, 0.2) is 0 Å². The minimum Gasteiger partial charge on any atom is -0.748 e. The molecule has 0 N–H and O–H groups in total. The average Bonchev–Trinajstić information content (AvgIpc) is 2.53. The van der Waals surface area contributed by atoms with E-state index in [-0.39, 0.29) is 29.6 Å². The topological polar surface area (TPSA) is 57.2 Å². The Labute approximate surface area is 180 Å². The van der Waals surface area contributed by atoms with Gasteiger partial charge in [-0.05, 0) is 12.8 Å². The van der Waals surface area contributed by atoms with Crippen LogP contribution < -0.4 is 29.6 Å². The van der Waals surface area contributed by atoms with E-state index in [0.29, 0.717) is 12.8 Å². The van der Waals surface area contributed by atoms with Crippen molar-refractivity contribution in [2.24, 2.45) is 0 Å². The van der Waals surface area contributed by atoms with Gasteiger partial charge in [0.15, 0.2) is 0 Å². The third-order valence-corrected chi connectivity index (χ3v) is 6.21. The Balaban J connectivity index is 0. The predicted molar refractivity (Wildman–Crippen MR) is 103 cm³/mol. The molecule has 0 aromatic carbocycles. The second-order valence-corrected chi connectivity index (χ2v) is 8.94. The van der Waals surface area contributed by atoms with Gasteiger partial charge in [0.1, 0.15) is 0 Å². The first-order valence-corrected chi connectivity index (χ1v) is 11.9. The van der Waals surface area contributed by atoms with Gasteiger partial charge in [-0.1, -0.05) is 110 Å². The van der Waals surface area contributed by atoms with Crippen LogP contribution in [0, 0.1) is 0 Å². The van der Waals surface area contributed by atoms with Crippen LogP contribution in [-0.2, 0) is 10.1 Å². The minimum absolute atomic E-state index is 0. The summed E-state index contributed by atoms with van der Waals surface area (Å²) in [6.45, 7) is 4.41. The summed E-state index contributed by atoms with van der Waals surface area (Å²) in [5, 5.41) is -0.645. The molecule has 0 aromatic heterocycles. The predicted octanol–water partition coefficient (Wildman–Crippen LogP) is 3.58. The fraction of sp³-hybridized carbons (Fsp3) is 1.00. The second-order valence-electron chi connectivity index (χ2n) is 7.29. The fourth-order valence-corrected chi connectivity index (χ4v) is 4.18. The van der Waals surface area contributed by atoms with Crippen molar-refractivity contribution in [2.45, 2.75) is 128 Å². The zero-order valence-electron chi connectivity index (χ0n) is 17.2. The van der Waals surface area contributed by atoms with Crippen molar-refractivity contribution in [2.75, 3.05) is 0 Å². The third-order valence-electron chi connectivity index (χ3n) is 4.92. The summed E-state index contributed by atoms with van der Waals surface area (Å²) in [5.74, 6) is 0. The Kier molecular flexibility index (Phi) is 22.1. The molecule has 0 heterocycles. The van der Waals surface area contributed by atoms with E-state index in [1.165, 1.54) is 64.2 Å². The Hall–Kier alpha value is 0.910. The van der Waals surface area contributed by atoms with Crippen molar-refractivity contribution in [1.29, 1.82) is 0 Å². The number of hydrogen-bond donors (Lipinski definition) is 0. The van der Waals surface area contributed by atoms with E-state index in [0.717, 1.165) is 32.1 Å². The quantitative estimate of drug-likeness (QED) is 0.206. The van der Waals surface area contributed by atoms with E-state index >= 15 is 0 Å². The van der Waals surface area contributed by atoms with E-state index < -0.39 is 15.4 Å². The molecule has 0 bridgehead atoms. The zero-order chi connectivity index (χ0) is 18.1. The first-order chi connectivity index (χ1) is 11.5. The van der Waals surface area contributed by atoms with Crippen LogP contribution in [0.2, 0.25) is 0 Å².